The van der Waals surface area contributed by atoms with E-state index in [1.807, 2.05) is 6.92 Å². The molecule has 0 saturated carbocycles. The zero-order valence-electron chi connectivity index (χ0n) is 14.4. The molecule has 1 aliphatic carbocycles. The third-order valence-corrected chi connectivity index (χ3v) is 4.79. The molecule has 0 saturated heterocycles. The lowest BCUT2D eigenvalue weighted by Gasteiger charge is -2.25. The normalized spacial score (nSPS) is 17.2. The van der Waals surface area contributed by atoms with Crippen LogP contribution in [0.5, 0.6) is 5.75 Å². The summed E-state index contributed by atoms with van der Waals surface area (Å²) in [4.78, 5) is 12.5. The summed E-state index contributed by atoms with van der Waals surface area (Å²) in [6, 6.07) is 4.61. The Balaban J connectivity index is 1.94. The van der Waals surface area contributed by atoms with Crippen LogP contribution in [0.4, 0.5) is 4.39 Å². The summed E-state index contributed by atoms with van der Waals surface area (Å²) in [5.74, 6) is 0.290. The van der Waals surface area contributed by atoms with Crippen molar-refractivity contribution in [3.8, 4) is 5.75 Å². The summed E-state index contributed by atoms with van der Waals surface area (Å²) in [5.41, 5.74) is 3.23. The minimum Gasteiger partial charge on any atom is -0.490 e. The number of nitrogens with zero attached hydrogens (tertiary/aromatic N) is 1. The summed E-state index contributed by atoms with van der Waals surface area (Å²) in [6.07, 6.45) is 2.83. The number of fused-ring (bicyclic) bond motifs is 1. The number of Topliss-reactive ketones (excluding diaryl/α,β-unsaturated/α-hetero) is 1. The van der Waals surface area contributed by atoms with Crippen LogP contribution in [0.1, 0.15) is 66.3 Å². The monoisotopic (exact) mass is 330 g/mol. The van der Waals surface area contributed by atoms with Gasteiger partial charge in [-0.25, -0.2) is 4.39 Å². The Hall–Kier alpha value is -2.17. The third-order valence-electron chi connectivity index (χ3n) is 4.79. The van der Waals surface area contributed by atoms with Crippen molar-refractivity contribution in [3.63, 3.8) is 0 Å². The highest BCUT2D eigenvalue weighted by Crippen LogP contribution is 2.38. The van der Waals surface area contributed by atoms with Gasteiger partial charge < -0.3 is 4.74 Å². The molecule has 1 aromatic heterocycles. The number of aromatic amines is 1. The van der Waals surface area contributed by atoms with E-state index in [9.17, 15) is 9.18 Å². The number of halogens is 1. The molecule has 2 aromatic rings. The number of ketones is 1. The first kappa shape index (κ1) is 16.7. The quantitative estimate of drug-likeness (QED) is 0.887. The Kier molecular flexibility index (Phi) is 4.69. The van der Waals surface area contributed by atoms with E-state index in [0.29, 0.717) is 18.6 Å². The number of carbonyl (C=O) groups excluding carboxylic acids is 1. The van der Waals surface area contributed by atoms with Crippen LogP contribution >= 0.6 is 0 Å². The molecule has 1 heterocycles. The number of benzene rings is 1. The second-order valence-corrected chi connectivity index (χ2v) is 6.44. The smallest absolute Gasteiger partial charge is 0.167 e. The van der Waals surface area contributed by atoms with E-state index in [0.717, 1.165) is 35.4 Å². The van der Waals surface area contributed by atoms with Crippen LogP contribution < -0.4 is 4.74 Å². The van der Waals surface area contributed by atoms with Crippen LogP contribution in [0, 0.1) is 12.7 Å². The molecule has 0 bridgehead atoms. The molecule has 5 heteroatoms. The summed E-state index contributed by atoms with van der Waals surface area (Å²) in [6.45, 7) is 5.97. The van der Waals surface area contributed by atoms with Gasteiger partial charge in [-0.3, -0.25) is 9.89 Å². The Bertz CT molecular complexity index is 750. The van der Waals surface area contributed by atoms with Gasteiger partial charge in [-0.05, 0) is 37.8 Å². The number of carbonyl (C=O) groups is 1. The summed E-state index contributed by atoms with van der Waals surface area (Å²) < 4.78 is 19.8. The van der Waals surface area contributed by atoms with Gasteiger partial charge in [0.05, 0.1) is 17.4 Å². The van der Waals surface area contributed by atoms with Gasteiger partial charge in [0.25, 0.3) is 0 Å². The Morgan fingerprint density at radius 3 is 2.79 bits per heavy atom. The van der Waals surface area contributed by atoms with Crippen LogP contribution in [-0.4, -0.2) is 22.1 Å². The third kappa shape index (κ3) is 3.07. The number of hydrogen-bond donors (Lipinski definition) is 1. The molecule has 1 N–H and O–H groups in total. The molecular weight excluding hydrogens is 307 g/mol. The van der Waals surface area contributed by atoms with Crippen molar-refractivity contribution in [2.45, 2.75) is 58.5 Å². The number of ether oxygens (including phenoxy) is 1. The van der Waals surface area contributed by atoms with E-state index in [1.165, 1.54) is 12.1 Å². The van der Waals surface area contributed by atoms with Gasteiger partial charge in [-0.15, -0.1) is 0 Å². The van der Waals surface area contributed by atoms with E-state index in [1.54, 1.807) is 6.07 Å². The molecule has 0 spiro atoms. The second kappa shape index (κ2) is 6.75. The van der Waals surface area contributed by atoms with Gasteiger partial charge >= 0.3 is 0 Å². The van der Waals surface area contributed by atoms with Crippen LogP contribution in [0.25, 0.3) is 0 Å². The molecule has 128 valence electrons. The van der Waals surface area contributed by atoms with E-state index in [4.69, 9.17) is 4.74 Å². The minimum atomic E-state index is -0.321. The predicted octanol–water partition coefficient (Wildman–Crippen LogP) is 4.34. The van der Waals surface area contributed by atoms with Crippen LogP contribution in [-0.2, 0) is 6.42 Å². The van der Waals surface area contributed by atoms with Gasteiger partial charge in [0, 0.05) is 24.1 Å². The molecule has 24 heavy (non-hydrogen) atoms. The van der Waals surface area contributed by atoms with Crippen LogP contribution in [0.2, 0.25) is 0 Å². The highest BCUT2D eigenvalue weighted by molar-refractivity contribution is 5.99. The second-order valence-electron chi connectivity index (χ2n) is 6.44. The highest BCUT2D eigenvalue weighted by Gasteiger charge is 2.31. The first-order valence-electron chi connectivity index (χ1n) is 8.56. The Labute approximate surface area is 141 Å². The molecule has 1 aliphatic rings. The van der Waals surface area contributed by atoms with Gasteiger partial charge in [-0.1, -0.05) is 19.9 Å². The maximum Gasteiger partial charge on any atom is 0.167 e. The Morgan fingerprint density at radius 1 is 1.33 bits per heavy atom. The van der Waals surface area contributed by atoms with Gasteiger partial charge in [0.15, 0.2) is 5.78 Å². The number of hydrogen-bond acceptors (Lipinski definition) is 3. The molecule has 0 fully saturated rings. The highest BCUT2D eigenvalue weighted by atomic mass is 19.1. The lowest BCUT2D eigenvalue weighted by atomic mass is 9.81. The van der Waals surface area contributed by atoms with Crippen molar-refractivity contribution in [1.29, 1.82) is 0 Å². The van der Waals surface area contributed by atoms with Crippen molar-refractivity contribution in [2.75, 3.05) is 0 Å². The molecule has 3 rings (SSSR count). The standard InChI is InChI=1S/C19H23FN2O2/c1-4-14(5-2)24-18-10-13(20)6-7-15(18)12-8-16-19(17(23)9-12)11(3)21-22-16/h6-7,10,12,14H,4-5,8-9H2,1-3H3,(H,21,22). The average Bonchev–Trinajstić information content (AvgIpc) is 2.94. The van der Waals surface area contributed by atoms with Crippen molar-refractivity contribution in [1.82, 2.24) is 10.2 Å². The molecule has 1 atom stereocenters. The van der Waals surface area contributed by atoms with Crippen LogP contribution in [0.15, 0.2) is 18.2 Å². The molecule has 1 unspecified atom stereocenters. The molecule has 0 aliphatic heterocycles. The van der Waals surface area contributed by atoms with Gasteiger partial charge in [0.2, 0.25) is 0 Å². The Morgan fingerprint density at radius 2 is 2.08 bits per heavy atom. The van der Waals surface area contributed by atoms with Crippen molar-refractivity contribution >= 4 is 5.78 Å². The van der Waals surface area contributed by atoms with E-state index >= 15 is 0 Å². The van der Waals surface area contributed by atoms with E-state index in [2.05, 4.69) is 24.0 Å². The first-order chi connectivity index (χ1) is 11.5. The molecule has 1 aromatic carbocycles. The minimum absolute atomic E-state index is 0.0299. The van der Waals surface area contributed by atoms with Crippen LogP contribution in [0.3, 0.4) is 0 Å². The molecule has 0 radical (unpaired) electrons. The number of aryl methyl sites for hydroxylation is 1. The summed E-state index contributed by atoms with van der Waals surface area (Å²) in [5, 5.41) is 7.16. The molecule has 4 nitrogen and oxygen atoms in total. The largest absolute Gasteiger partial charge is 0.490 e. The van der Waals surface area contributed by atoms with Crippen molar-refractivity contribution < 1.29 is 13.9 Å². The number of rotatable bonds is 5. The number of aromatic nitrogens is 2. The average molecular weight is 330 g/mol. The summed E-state index contributed by atoms with van der Waals surface area (Å²) in [7, 11) is 0. The van der Waals surface area contributed by atoms with E-state index in [-0.39, 0.29) is 23.6 Å². The maximum atomic E-state index is 13.7. The topological polar surface area (TPSA) is 55.0 Å². The lowest BCUT2D eigenvalue weighted by Crippen LogP contribution is -2.21. The fourth-order valence-corrected chi connectivity index (χ4v) is 3.43. The lowest BCUT2D eigenvalue weighted by molar-refractivity contribution is 0.0962. The van der Waals surface area contributed by atoms with Gasteiger partial charge in [0.1, 0.15) is 11.6 Å². The predicted molar refractivity (Wildman–Crippen MR) is 90.1 cm³/mol. The zero-order valence-corrected chi connectivity index (χ0v) is 14.4. The first-order valence-corrected chi connectivity index (χ1v) is 8.56. The number of nitrogens with one attached hydrogen (secondary N) is 1. The molecule has 0 amide bonds. The SMILES string of the molecule is CCC(CC)Oc1cc(F)ccc1C1CC(=O)c2c(n[nH]c2C)C1. The van der Waals surface area contributed by atoms with Gasteiger partial charge in [-0.2, -0.15) is 5.10 Å². The van der Waals surface area contributed by atoms with Crippen molar-refractivity contribution in [2.24, 2.45) is 0 Å². The fraction of sp³-hybridized carbons (Fsp3) is 0.474. The van der Waals surface area contributed by atoms with E-state index < -0.39 is 0 Å². The van der Waals surface area contributed by atoms with Crippen molar-refractivity contribution in [3.05, 3.63) is 46.5 Å². The number of H-pyrrole nitrogens is 1. The maximum absolute atomic E-state index is 13.7. The fourth-order valence-electron chi connectivity index (χ4n) is 3.43. The zero-order chi connectivity index (χ0) is 17.3. The molecular formula is C19H23FN2O2. The summed E-state index contributed by atoms with van der Waals surface area (Å²) >= 11 is 0.